The van der Waals surface area contributed by atoms with Crippen molar-refractivity contribution in [1.29, 1.82) is 0 Å². The second-order valence-electron chi connectivity index (χ2n) is 5.56. The van der Waals surface area contributed by atoms with E-state index in [1.807, 2.05) is 13.0 Å². The summed E-state index contributed by atoms with van der Waals surface area (Å²) in [6, 6.07) is 12.8. The van der Waals surface area contributed by atoms with E-state index >= 15 is 0 Å². The Labute approximate surface area is 152 Å². The second-order valence-corrected chi connectivity index (χ2v) is 6.17. The number of rotatable bonds is 6. The fourth-order valence-corrected chi connectivity index (χ4v) is 2.38. The number of amides is 1. The summed E-state index contributed by atoms with van der Waals surface area (Å²) in [4.78, 5) is 14.7. The molecular formula is C19H21FN2O2S. The lowest BCUT2D eigenvalue weighted by molar-refractivity contribution is 0.207. The van der Waals surface area contributed by atoms with E-state index in [2.05, 4.69) is 5.32 Å². The number of halogens is 1. The molecule has 0 aliphatic heterocycles. The molecule has 0 saturated heterocycles. The van der Waals surface area contributed by atoms with Crippen molar-refractivity contribution in [2.75, 3.05) is 16.8 Å². The standard InChI is InChI=1S/C19H21FN2O2S/c1-3-4-12-22(17-10-8-15(20)9-11-17)19(23)24-18-7-5-6-16(13-18)21-14(2)25/h5-11,13H,3-4,12H2,1-2H3,(H,21,25). The molecular weight excluding hydrogens is 339 g/mol. The van der Waals surface area contributed by atoms with Gasteiger partial charge in [0.2, 0.25) is 0 Å². The lowest BCUT2D eigenvalue weighted by atomic mass is 10.2. The molecule has 0 unspecified atom stereocenters. The summed E-state index contributed by atoms with van der Waals surface area (Å²) in [5, 5.41) is 3.00. The summed E-state index contributed by atoms with van der Waals surface area (Å²) < 4.78 is 18.6. The molecule has 132 valence electrons. The number of nitrogens with zero attached hydrogens (tertiary/aromatic N) is 1. The first-order valence-electron chi connectivity index (χ1n) is 8.12. The fraction of sp³-hybridized carbons (Fsp3) is 0.263. The summed E-state index contributed by atoms with van der Waals surface area (Å²) in [6.07, 6.45) is 1.24. The van der Waals surface area contributed by atoms with Gasteiger partial charge in [-0.05, 0) is 49.7 Å². The van der Waals surface area contributed by atoms with Crippen molar-refractivity contribution >= 4 is 34.7 Å². The Bertz CT molecular complexity index is 734. The lowest BCUT2D eigenvalue weighted by Crippen LogP contribution is -2.34. The van der Waals surface area contributed by atoms with Gasteiger partial charge in [0.15, 0.2) is 0 Å². The first kappa shape index (κ1) is 18.9. The van der Waals surface area contributed by atoms with Crippen LogP contribution in [0.15, 0.2) is 48.5 Å². The number of hydrogen-bond acceptors (Lipinski definition) is 3. The molecule has 0 atom stereocenters. The summed E-state index contributed by atoms with van der Waals surface area (Å²) in [5.41, 5.74) is 1.35. The number of ether oxygens (including phenoxy) is 1. The van der Waals surface area contributed by atoms with Gasteiger partial charge in [0, 0.05) is 24.0 Å². The van der Waals surface area contributed by atoms with Crippen molar-refractivity contribution in [3.05, 3.63) is 54.3 Å². The molecule has 25 heavy (non-hydrogen) atoms. The maximum atomic E-state index is 13.1. The molecule has 0 aromatic heterocycles. The van der Waals surface area contributed by atoms with Crippen molar-refractivity contribution in [1.82, 2.24) is 0 Å². The number of hydrogen-bond donors (Lipinski definition) is 1. The molecule has 0 heterocycles. The molecule has 0 bridgehead atoms. The number of unbranched alkanes of at least 4 members (excludes halogenated alkanes) is 1. The van der Waals surface area contributed by atoms with Gasteiger partial charge in [0.05, 0.1) is 4.99 Å². The normalized spacial score (nSPS) is 10.2. The molecule has 2 aromatic rings. The van der Waals surface area contributed by atoms with E-state index in [0.717, 1.165) is 18.5 Å². The quantitative estimate of drug-likeness (QED) is 0.701. The van der Waals surface area contributed by atoms with Gasteiger partial charge in [-0.2, -0.15) is 0 Å². The van der Waals surface area contributed by atoms with Crippen LogP contribution in [-0.2, 0) is 0 Å². The first-order chi connectivity index (χ1) is 12.0. The minimum absolute atomic E-state index is 0.345. The van der Waals surface area contributed by atoms with Gasteiger partial charge in [-0.1, -0.05) is 31.6 Å². The predicted molar refractivity (Wildman–Crippen MR) is 103 cm³/mol. The Morgan fingerprint density at radius 2 is 1.96 bits per heavy atom. The van der Waals surface area contributed by atoms with Crippen LogP contribution >= 0.6 is 12.2 Å². The van der Waals surface area contributed by atoms with Crippen LogP contribution in [0.25, 0.3) is 0 Å². The van der Waals surface area contributed by atoms with Crippen LogP contribution < -0.4 is 15.0 Å². The lowest BCUT2D eigenvalue weighted by Gasteiger charge is -2.22. The second kappa shape index (κ2) is 9.13. The van der Waals surface area contributed by atoms with E-state index in [1.165, 1.54) is 17.0 Å². The minimum atomic E-state index is -0.503. The summed E-state index contributed by atoms with van der Waals surface area (Å²) >= 11 is 5.01. The Morgan fingerprint density at radius 3 is 2.60 bits per heavy atom. The van der Waals surface area contributed by atoms with Crippen LogP contribution in [0.1, 0.15) is 26.7 Å². The molecule has 2 rings (SSSR count). The zero-order chi connectivity index (χ0) is 18.2. The van der Waals surface area contributed by atoms with Gasteiger partial charge >= 0.3 is 6.09 Å². The highest BCUT2D eigenvalue weighted by Crippen LogP contribution is 2.21. The zero-order valence-corrected chi connectivity index (χ0v) is 15.1. The zero-order valence-electron chi connectivity index (χ0n) is 14.3. The topological polar surface area (TPSA) is 41.6 Å². The highest BCUT2D eigenvalue weighted by atomic mass is 32.1. The number of carbonyl (C=O) groups excluding carboxylic acids is 1. The fourth-order valence-electron chi connectivity index (χ4n) is 2.26. The molecule has 1 N–H and O–H groups in total. The van der Waals surface area contributed by atoms with Crippen molar-refractivity contribution in [3.8, 4) is 5.75 Å². The third-order valence-corrected chi connectivity index (χ3v) is 3.56. The van der Waals surface area contributed by atoms with Crippen LogP contribution in [0, 0.1) is 5.82 Å². The Morgan fingerprint density at radius 1 is 1.24 bits per heavy atom. The van der Waals surface area contributed by atoms with Gasteiger partial charge in [0.1, 0.15) is 11.6 Å². The van der Waals surface area contributed by atoms with E-state index in [-0.39, 0.29) is 5.82 Å². The summed E-state index contributed by atoms with van der Waals surface area (Å²) in [5.74, 6) is 0.0664. The van der Waals surface area contributed by atoms with Crippen LogP contribution in [0.5, 0.6) is 5.75 Å². The maximum Gasteiger partial charge on any atom is 0.419 e. The van der Waals surface area contributed by atoms with Crippen LogP contribution in [0.3, 0.4) is 0 Å². The number of benzene rings is 2. The Balaban J connectivity index is 2.16. The van der Waals surface area contributed by atoms with Crippen molar-refractivity contribution in [2.24, 2.45) is 0 Å². The van der Waals surface area contributed by atoms with Gasteiger partial charge in [-0.15, -0.1) is 0 Å². The smallest absolute Gasteiger partial charge is 0.410 e. The van der Waals surface area contributed by atoms with Gasteiger partial charge in [0.25, 0.3) is 0 Å². The van der Waals surface area contributed by atoms with E-state index in [9.17, 15) is 9.18 Å². The van der Waals surface area contributed by atoms with Gasteiger partial charge < -0.3 is 10.1 Å². The largest absolute Gasteiger partial charge is 0.419 e. The molecule has 0 saturated carbocycles. The Hall–Kier alpha value is -2.47. The van der Waals surface area contributed by atoms with Gasteiger partial charge in [-0.25, -0.2) is 9.18 Å². The molecule has 0 aliphatic rings. The van der Waals surface area contributed by atoms with E-state index < -0.39 is 6.09 Å². The average molecular weight is 360 g/mol. The predicted octanol–water partition coefficient (Wildman–Crippen LogP) is 5.39. The highest BCUT2D eigenvalue weighted by Gasteiger charge is 2.18. The minimum Gasteiger partial charge on any atom is -0.410 e. The van der Waals surface area contributed by atoms with Gasteiger partial charge in [-0.3, -0.25) is 4.90 Å². The average Bonchev–Trinajstić information content (AvgIpc) is 2.56. The molecule has 2 aromatic carbocycles. The molecule has 0 spiro atoms. The van der Waals surface area contributed by atoms with E-state index in [1.54, 1.807) is 37.3 Å². The number of anilines is 2. The third kappa shape index (κ3) is 5.83. The molecule has 1 amide bonds. The number of nitrogens with one attached hydrogen (secondary N) is 1. The third-order valence-electron chi connectivity index (χ3n) is 3.45. The van der Waals surface area contributed by atoms with Crippen molar-refractivity contribution < 1.29 is 13.9 Å². The van der Waals surface area contributed by atoms with Crippen molar-refractivity contribution in [3.63, 3.8) is 0 Å². The van der Waals surface area contributed by atoms with Crippen LogP contribution in [0.2, 0.25) is 0 Å². The van der Waals surface area contributed by atoms with Crippen LogP contribution in [0.4, 0.5) is 20.6 Å². The molecule has 6 heteroatoms. The molecule has 0 aliphatic carbocycles. The Kier molecular flexibility index (Phi) is 6.89. The maximum absolute atomic E-state index is 13.1. The SMILES string of the molecule is CCCCN(C(=O)Oc1cccc(NC(C)=S)c1)c1ccc(F)cc1. The first-order valence-corrected chi connectivity index (χ1v) is 8.53. The number of thiocarbonyl (C=S) groups is 1. The number of carbonyl (C=O) groups is 1. The summed E-state index contributed by atoms with van der Waals surface area (Å²) in [7, 11) is 0. The monoisotopic (exact) mass is 360 g/mol. The summed E-state index contributed by atoms with van der Waals surface area (Å²) in [6.45, 7) is 4.31. The molecule has 0 fully saturated rings. The highest BCUT2D eigenvalue weighted by molar-refractivity contribution is 7.80. The molecule has 0 radical (unpaired) electrons. The van der Waals surface area contributed by atoms with Crippen LogP contribution in [-0.4, -0.2) is 17.6 Å². The van der Waals surface area contributed by atoms with E-state index in [0.29, 0.717) is 23.0 Å². The molecule has 4 nitrogen and oxygen atoms in total. The van der Waals surface area contributed by atoms with Crippen molar-refractivity contribution in [2.45, 2.75) is 26.7 Å². The van der Waals surface area contributed by atoms with E-state index in [4.69, 9.17) is 17.0 Å².